The molecule has 3 N–H and O–H groups in total. The summed E-state index contributed by atoms with van der Waals surface area (Å²) in [5.41, 5.74) is 2.80. The topological polar surface area (TPSA) is 152 Å². The van der Waals surface area contributed by atoms with Crippen LogP contribution in [0.2, 0.25) is 0 Å². The van der Waals surface area contributed by atoms with E-state index in [4.69, 9.17) is 33.7 Å². The van der Waals surface area contributed by atoms with Gasteiger partial charge in [-0.05, 0) is 80.6 Å². The molecule has 3 heterocycles. The van der Waals surface area contributed by atoms with Crippen molar-refractivity contribution in [1.29, 1.82) is 0 Å². The summed E-state index contributed by atoms with van der Waals surface area (Å²) >= 11 is 0. The van der Waals surface area contributed by atoms with Crippen LogP contribution in [0.5, 0.6) is 11.5 Å². The maximum Gasteiger partial charge on any atom is 0.239 e. The largest absolute Gasteiger partial charge is 0.492 e. The molecule has 3 aliphatic heterocycles. The maximum atomic E-state index is 15.0. The molecule has 1 aromatic rings. The van der Waals surface area contributed by atoms with E-state index < -0.39 is 24.0 Å². The fourth-order valence-electron chi connectivity index (χ4n) is 10.8. The number of oxime groups is 1. The summed E-state index contributed by atoms with van der Waals surface area (Å²) in [5.74, 6) is -0.176. The summed E-state index contributed by atoms with van der Waals surface area (Å²) in [6.07, 6.45) is 22.3. The van der Waals surface area contributed by atoms with Crippen molar-refractivity contribution in [2.45, 2.75) is 159 Å². The van der Waals surface area contributed by atoms with E-state index in [9.17, 15) is 20.1 Å². The van der Waals surface area contributed by atoms with Crippen LogP contribution in [-0.2, 0) is 23.8 Å². The van der Waals surface area contributed by atoms with Crippen molar-refractivity contribution in [1.82, 2.24) is 9.80 Å². The molecule has 7 unspecified atom stereocenters. The Labute approximate surface area is 389 Å². The molecular weight excluding hydrogens is 827 g/mol. The minimum Gasteiger partial charge on any atom is -0.492 e. The van der Waals surface area contributed by atoms with Gasteiger partial charge in [-0.15, -0.1) is 6.58 Å². The lowest BCUT2D eigenvalue weighted by Crippen LogP contribution is -2.70. The minimum absolute atomic E-state index is 0.00807. The Hall–Kier alpha value is -3.04. The van der Waals surface area contributed by atoms with Crippen LogP contribution in [-0.4, -0.2) is 134 Å². The number of benzene rings is 1. The number of carbonyl (C=O) groups excluding carboxylic acids is 1. The van der Waals surface area contributed by atoms with Crippen LogP contribution in [0.15, 0.2) is 47.7 Å². The van der Waals surface area contributed by atoms with Crippen molar-refractivity contribution >= 4 is 11.6 Å². The summed E-state index contributed by atoms with van der Waals surface area (Å²) in [7, 11) is 0. The van der Waals surface area contributed by atoms with Crippen LogP contribution in [0.25, 0.3) is 0 Å². The molecule has 6 rings (SSSR count). The molecule has 1 amide bonds. The van der Waals surface area contributed by atoms with Gasteiger partial charge in [-0.3, -0.25) is 9.69 Å². The van der Waals surface area contributed by atoms with E-state index in [1.54, 1.807) is 6.08 Å². The summed E-state index contributed by atoms with van der Waals surface area (Å²) in [5, 5.41) is 34.6. The highest BCUT2D eigenvalue weighted by Gasteiger charge is 2.65. The number of amides is 1. The molecular formula is C52H83N3O10. The number of fused-ring (bicyclic) bond motifs is 2. The van der Waals surface area contributed by atoms with Gasteiger partial charge in [0.05, 0.1) is 44.7 Å². The number of rotatable bonds is 33. The first kappa shape index (κ1) is 51.4. The average molecular weight is 910 g/mol. The van der Waals surface area contributed by atoms with E-state index in [1.807, 2.05) is 17.0 Å². The molecule has 0 spiro atoms. The molecule has 0 radical (unpaired) electrons. The lowest BCUT2D eigenvalue weighted by molar-refractivity contribution is -0.258. The lowest BCUT2D eigenvalue weighted by atomic mass is 9.55. The number of carbonyl (C=O) groups is 1. The van der Waals surface area contributed by atoms with E-state index >= 15 is 0 Å². The molecule has 0 bridgehead atoms. The van der Waals surface area contributed by atoms with Crippen LogP contribution in [0, 0.1) is 17.8 Å². The van der Waals surface area contributed by atoms with E-state index in [0.29, 0.717) is 44.6 Å². The first-order valence-corrected chi connectivity index (χ1v) is 25.7. The second-order valence-corrected chi connectivity index (χ2v) is 18.9. The van der Waals surface area contributed by atoms with Gasteiger partial charge >= 0.3 is 0 Å². The highest BCUT2D eigenvalue weighted by atomic mass is 16.8. The fraction of sp³-hybridized carbons (Fsp3) is 0.769. The normalized spacial score (nSPS) is 26.5. The Morgan fingerprint density at radius 3 is 2.42 bits per heavy atom. The van der Waals surface area contributed by atoms with Crippen molar-refractivity contribution < 1.29 is 48.6 Å². The zero-order valence-corrected chi connectivity index (χ0v) is 39.7. The summed E-state index contributed by atoms with van der Waals surface area (Å²) in [6.45, 7) is 11.6. The third kappa shape index (κ3) is 14.5. The van der Waals surface area contributed by atoms with Gasteiger partial charge in [-0.1, -0.05) is 88.4 Å². The van der Waals surface area contributed by atoms with Gasteiger partial charge in [0, 0.05) is 70.1 Å². The molecule has 2 aliphatic carbocycles. The summed E-state index contributed by atoms with van der Waals surface area (Å²) in [6, 6.07) is 5.53. The number of unbranched alkanes of at least 4 members (excludes halogenated alkanes) is 10. The van der Waals surface area contributed by atoms with Crippen molar-refractivity contribution in [3.63, 3.8) is 0 Å². The van der Waals surface area contributed by atoms with Crippen molar-refractivity contribution in [3.8, 4) is 11.5 Å². The van der Waals surface area contributed by atoms with Gasteiger partial charge in [0.1, 0.15) is 24.1 Å². The number of nitrogens with zero attached hydrogens (tertiary/aromatic N) is 3. The Bertz CT molecular complexity index is 1630. The minimum atomic E-state index is -1.35. The van der Waals surface area contributed by atoms with Gasteiger partial charge in [0.25, 0.3) is 0 Å². The highest BCUT2D eigenvalue weighted by molar-refractivity contribution is 6.03. The highest BCUT2D eigenvalue weighted by Crippen LogP contribution is 2.62. The third-order valence-corrected chi connectivity index (χ3v) is 14.2. The molecule has 13 nitrogen and oxygen atoms in total. The SMILES string of the molecule is C=CCOC12Oc3ccc(OCCN4CC4)cc3C3C(CCCCO)C(CCCCO)C=C(C(=NOC4CCCCO4)CC1N(CCOCCO)C(=O)CCCCCCCCCCC)C32. The van der Waals surface area contributed by atoms with Gasteiger partial charge in [0.2, 0.25) is 18.0 Å². The predicted molar refractivity (Wildman–Crippen MR) is 253 cm³/mol. The van der Waals surface area contributed by atoms with E-state index in [1.165, 1.54) is 38.5 Å². The van der Waals surface area contributed by atoms with Crippen LogP contribution in [0.4, 0.5) is 0 Å². The molecule has 3 fully saturated rings. The summed E-state index contributed by atoms with van der Waals surface area (Å²) in [4.78, 5) is 25.6. The van der Waals surface area contributed by atoms with Crippen molar-refractivity contribution in [3.05, 3.63) is 48.1 Å². The predicted octanol–water partition coefficient (Wildman–Crippen LogP) is 8.30. The van der Waals surface area contributed by atoms with E-state index in [-0.39, 0.29) is 69.8 Å². The Morgan fingerprint density at radius 2 is 1.71 bits per heavy atom. The van der Waals surface area contributed by atoms with Gasteiger partial charge in [0.15, 0.2) is 0 Å². The van der Waals surface area contributed by atoms with Gasteiger partial charge in [-0.2, -0.15) is 0 Å². The number of hydrogen-bond acceptors (Lipinski definition) is 12. The standard InChI is InChI=1S/C52H83N3O10/c1-3-5-6-7-8-9-10-11-12-21-48(59)55(28-34-60-36-31-58)47-39-45(53-65-49-22-15-18-33-62-49)43-37-40(19-13-16-29-56)42(20-14-17-30-57)50-44-38-41(61-35-27-54-25-26-54)23-24-46(44)64-52(47,51(43)50)63-32-4-2/h4,23-24,37-38,40,42,47,49-51,56-58H,2-3,5-22,25-36,39H2,1H3. The third-order valence-electron chi connectivity index (χ3n) is 14.2. The number of aliphatic hydroxyl groups excluding tert-OH is 3. The smallest absolute Gasteiger partial charge is 0.239 e. The number of ether oxygens (including phenoxy) is 5. The first-order valence-electron chi connectivity index (χ1n) is 25.7. The monoisotopic (exact) mass is 910 g/mol. The maximum absolute atomic E-state index is 15.0. The Morgan fingerprint density at radius 1 is 0.938 bits per heavy atom. The quantitative estimate of drug-likeness (QED) is 0.0271. The van der Waals surface area contributed by atoms with E-state index in [2.05, 4.69) is 30.5 Å². The molecule has 65 heavy (non-hydrogen) atoms. The molecule has 5 aliphatic rings. The van der Waals surface area contributed by atoms with Gasteiger partial charge < -0.3 is 48.7 Å². The van der Waals surface area contributed by atoms with Crippen LogP contribution < -0.4 is 9.47 Å². The van der Waals surface area contributed by atoms with Crippen molar-refractivity contribution in [2.24, 2.45) is 22.9 Å². The number of aliphatic hydroxyl groups is 3. The Kier molecular flexibility index (Phi) is 21.9. The zero-order chi connectivity index (χ0) is 45.7. The Balaban J connectivity index is 1.45. The summed E-state index contributed by atoms with van der Waals surface area (Å²) < 4.78 is 33.0. The molecule has 7 atom stereocenters. The van der Waals surface area contributed by atoms with Crippen LogP contribution in [0.3, 0.4) is 0 Å². The molecule has 0 aromatic heterocycles. The van der Waals surface area contributed by atoms with Gasteiger partial charge in [-0.25, -0.2) is 0 Å². The molecule has 366 valence electrons. The fourth-order valence-corrected chi connectivity index (χ4v) is 10.8. The van der Waals surface area contributed by atoms with Crippen molar-refractivity contribution in [2.75, 3.05) is 79.0 Å². The van der Waals surface area contributed by atoms with Crippen LogP contribution in [0.1, 0.15) is 147 Å². The zero-order valence-electron chi connectivity index (χ0n) is 39.7. The van der Waals surface area contributed by atoms with E-state index in [0.717, 1.165) is 106 Å². The molecule has 1 aromatic carbocycles. The number of hydrogen-bond donors (Lipinski definition) is 3. The first-order chi connectivity index (χ1) is 32.0. The average Bonchev–Trinajstić information content (AvgIpc) is 4.16. The second kappa shape index (κ2) is 27.7. The number of allylic oxidation sites excluding steroid dienone is 1. The molecule has 2 saturated heterocycles. The second-order valence-electron chi connectivity index (χ2n) is 18.9. The molecule has 1 saturated carbocycles. The molecule has 13 heteroatoms. The van der Waals surface area contributed by atoms with Crippen LogP contribution >= 0.6 is 0 Å². The lowest BCUT2D eigenvalue weighted by Gasteiger charge is -2.60.